The molecule has 0 N–H and O–H groups in total. The number of rotatable bonds is 2. The molecule has 0 bridgehead atoms. The lowest BCUT2D eigenvalue weighted by molar-refractivity contribution is -0.128. The van der Waals surface area contributed by atoms with Crippen LogP contribution in [-0.4, -0.2) is 10.1 Å². The van der Waals surface area contributed by atoms with E-state index in [9.17, 15) is 4.79 Å². The van der Waals surface area contributed by atoms with Gasteiger partial charge in [-0.05, 0) is 12.3 Å². The SMILES string of the molecule is CC(C)CC1CC(=O)C1(Cl)Cl. The lowest BCUT2D eigenvalue weighted by Gasteiger charge is -2.38. The van der Waals surface area contributed by atoms with E-state index in [0.29, 0.717) is 12.3 Å². The Bertz CT molecular complexity index is 175. The van der Waals surface area contributed by atoms with Crippen LogP contribution in [0.3, 0.4) is 0 Å². The Balaban J connectivity index is 2.46. The number of carbonyl (C=O) groups excluding carboxylic acids is 1. The van der Waals surface area contributed by atoms with Crippen molar-refractivity contribution in [2.45, 2.75) is 31.0 Å². The van der Waals surface area contributed by atoms with Crippen molar-refractivity contribution >= 4 is 29.0 Å². The average molecular weight is 195 g/mol. The first-order valence-electron chi connectivity index (χ1n) is 3.85. The summed E-state index contributed by atoms with van der Waals surface area (Å²) in [5.74, 6) is 0.717. The third kappa shape index (κ3) is 1.70. The quantitative estimate of drug-likeness (QED) is 0.619. The standard InChI is InChI=1S/C8H12Cl2O/c1-5(2)3-6-4-7(11)8(6,9)10/h5-6H,3-4H2,1-2H3. The molecular formula is C8H12Cl2O. The van der Waals surface area contributed by atoms with Crippen molar-refractivity contribution in [1.29, 1.82) is 0 Å². The molecule has 0 aromatic heterocycles. The molecule has 0 aromatic rings. The second kappa shape index (κ2) is 2.95. The van der Waals surface area contributed by atoms with Crippen LogP contribution in [0.25, 0.3) is 0 Å². The molecule has 1 aliphatic rings. The Hall–Kier alpha value is 0.250. The van der Waals surface area contributed by atoms with Gasteiger partial charge in [0.25, 0.3) is 0 Å². The highest BCUT2D eigenvalue weighted by Gasteiger charge is 2.52. The molecule has 1 unspecified atom stereocenters. The van der Waals surface area contributed by atoms with E-state index >= 15 is 0 Å². The summed E-state index contributed by atoms with van der Waals surface area (Å²) in [5.41, 5.74) is 0. The van der Waals surface area contributed by atoms with Crippen LogP contribution >= 0.6 is 23.2 Å². The van der Waals surface area contributed by atoms with Crippen molar-refractivity contribution in [1.82, 2.24) is 0 Å². The maximum atomic E-state index is 10.9. The maximum absolute atomic E-state index is 10.9. The number of ketones is 1. The second-order valence-corrected chi connectivity index (χ2v) is 4.96. The van der Waals surface area contributed by atoms with Crippen LogP contribution in [0, 0.1) is 11.8 Å². The van der Waals surface area contributed by atoms with Gasteiger partial charge >= 0.3 is 0 Å². The molecule has 0 heterocycles. The van der Waals surface area contributed by atoms with Crippen molar-refractivity contribution in [2.24, 2.45) is 11.8 Å². The molecule has 1 rings (SSSR count). The van der Waals surface area contributed by atoms with Crippen molar-refractivity contribution in [3.05, 3.63) is 0 Å². The third-order valence-corrected chi connectivity index (χ3v) is 3.11. The van der Waals surface area contributed by atoms with E-state index in [1.54, 1.807) is 0 Å². The Kier molecular flexibility index (Phi) is 2.50. The van der Waals surface area contributed by atoms with Crippen LogP contribution in [0.1, 0.15) is 26.7 Å². The van der Waals surface area contributed by atoms with Crippen LogP contribution < -0.4 is 0 Å². The zero-order valence-corrected chi connectivity index (χ0v) is 8.24. The van der Waals surface area contributed by atoms with Crippen molar-refractivity contribution < 1.29 is 4.79 Å². The fourth-order valence-electron chi connectivity index (χ4n) is 1.39. The third-order valence-electron chi connectivity index (χ3n) is 2.07. The van der Waals surface area contributed by atoms with Gasteiger partial charge in [-0.3, -0.25) is 4.79 Å². The van der Waals surface area contributed by atoms with Crippen LogP contribution in [-0.2, 0) is 4.79 Å². The Morgan fingerprint density at radius 2 is 2.18 bits per heavy atom. The predicted molar refractivity (Wildman–Crippen MR) is 47.0 cm³/mol. The lowest BCUT2D eigenvalue weighted by atomic mass is 9.77. The average Bonchev–Trinajstić information content (AvgIpc) is 1.87. The van der Waals surface area contributed by atoms with Crippen LogP contribution in [0.15, 0.2) is 0 Å². The molecule has 0 radical (unpaired) electrons. The van der Waals surface area contributed by atoms with Crippen LogP contribution in [0.4, 0.5) is 0 Å². The van der Waals surface area contributed by atoms with Crippen LogP contribution in [0.5, 0.6) is 0 Å². The molecule has 3 heteroatoms. The molecule has 64 valence electrons. The first-order chi connectivity index (χ1) is 4.94. The van der Waals surface area contributed by atoms with Crippen molar-refractivity contribution in [3.63, 3.8) is 0 Å². The molecule has 1 fully saturated rings. The Morgan fingerprint density at radius 1 is 1.64 bits per heavy atom. The van der Waals surface area contributed by atoms with Crippen molar-refractivity contribution in [2.75, 3.05) is 0 Å². The summed E-state index contributed by atoms with van der Waals surface area (Å²) in [7, 11) is 0. The number of halogens is 2. The first-order valence-corrected chi connectivity index (χ1v) is 4.61. The molecule has 0 amide bonds. The highest BCUT2D eigenvalue weighted by Crippen LogP contribution is 2.47. The highest BCUT2D eigenvalue weighted by atomic mass is 35.5. The topological polar surface area (TPSA) is 17.1 Å². The molecule has 1 atom stereocenters. The van der Waals surface area contributed by atoms with Gasteiger partial charge in [0, 0.05) is 12.3 Å². The van der Waals surface area contributed by atoms with Gasteiger partial charge in [-0.1, -0.05) is 37.0 Å². The fourth-order valence-corrected chi connectivity index (χ4v) is 1.87. The highest BCUT2D eigenvalue weighted by molar-refractivity contribution is 6.60. The van der Waals surface area contributed by atoms with E-state index < -0.39 is 4.33 Å². The summed E-state index contributed by atoms with van der Waals surface area (Å²) in [6.45, 7) is 4.21. The fraction of sp³-hybridized carbons (Fsp3) is 0.875. The first kappa shape index (κ1) is 9.34. The Morgan fingerprint density at radius 3 is 2.45 bits per heavy atom. The molecular weight excluding hydrogens is 183 g/mol. The summed E-state index contributed by atoms with van der Waals surface area (Å²) in [4.78, 5) is 10.9. The summed E-state index contributed by atoms with van der Waals surface area (Å²) >= 11 is 11.6. The smallest absolute Gasteiger partial charge is 0.179 e. The summed E-state index contributed by atoms with van der Waals surface area (Å²) in [5, 5.41) is 0. The largest absolute Gasteiger partial charge is 0.296 e. The monoisotopic (exact) mass is 194 g/mol. The number of hydrogen-bond acceptors (Lipinski definition) is 1. The van der Waals surface area contributed by atoms with Gasteiger partial charge in [0.1, 0.15) is 0 Å². The molecule has 0 saturated heterocycles. The van der Waals surface area contributed by atoms with Crippen molar-refractivity contribution in [3.8, 4) is 0 Å². The van der Waals surface area contributed by atoms with Gasteiger partial charge in [0.05, 0.1) is 0 Å². The van der Waals surface area contributed by atoms with Gasteiger partial charge in [0.15, 0.2) is 10.1 Å². The molecule has 0 spiro atoms. The summed E-state index contributed by atoms with van der Waals surface area (Å²) < 4.78 is -1.07. The van der Waals surface area contributed by atoms with E-state index in [4.69, 9.17) is 23.2 Å². The van der Waals surface area contributed by atoms with Gasteiger partial charge in [-0.15, -0.1) is 0 Å². The molecule has 11 heavy (non-hydrogen) atoms. The predicted octanol–water partition coefficient (Wildman–Crippen LogP) is 2.80. The minimum atomic E-state index is -1.07. The minimum absolute atomic E-state index is 0.0218. The molecule has 1 saturated carbocycles. The zero-order valence-electron chi connectivity index (χ0n) is 6.73. The van der Waals surface area contributed by atoms with Gasteiger partial charge in [-0.2, -0.15) is 0 Å². The number of Topliss-reactive ketones (excluding diaryl/α,β-unsaturated/α-hetero) is 1. The molecule has 0 aliphatic heterocycles. The normalized spacial score (nSPS) is 28.8. The molecule has 1 nitrogen and oxygen atoms in total. The number of alkyl halides is 2. The summed E-state index contributed by atoms with van der Waals surface area (Å²) in [6, 6.07) is 0. The molecule has 0 aromatic carbocycles. The summed E-state index contributed by atoms with van der Waals surface area (Å²) in [6.07, 6.45) is 1.50. The number of carbonyl (C=O) groups is 1. The molecule has 1 aliphatic carbocycles. The van der Waals surface area contributed by atoms with Gasteiger partial charge in [-0.25, -0.2) is 0 Å². The van der Waals surface area contributed by atoms with E-state index in [1.807, 2.05) is 0 Å². The maximum Gasteiger partial charge on any atom is 0.179 e. The Labute approximate surface area is 77.1 Å². The van der Waals surface area contributed by atoms with E-state index in [2.05, 4.69) is 13.8 Å². The zero-order chi connectivity index (χ0) is 8.65. The van der Waals surface area contributed by atoms with E-state index in [1.165, 1.54) is 0 Å². The van der Waals surface area contributed by atoms with E-state index in [-0.39, 0.29) is 11.7 Å². The van der Waals surface area contributed by atoms with Gasteiger partial charge in [0.2, 0.25) is 0 Å². The van der Waals surface area contributed by atoms with Gasteiger partial charge < -0.3 is 0 Å². The van der Waals surface area contributed by atoms with Crippen LogP contribution in [0.2, 0.25) is 0 Å². The lowest BCUT2D eigenvalue weighted by Crippen LogP contribution is -2.47. The minimum Gasteiger partial charge on any atom is -0.296 e. The van der Waals surface area contributed by atoms with E-state index in [0.717, 1.165) is 6.42 Å². The second-order valence-electron chi connectivity index (χ2n) is 3.58. The number of hydrogen-bond donors (Lipinski definition) is 0.